The van der Waals surface area contributed by atoms with Crippen molar-refractivity contribution < 1.29 is 14.3 Å². The minimum absolute atomic E-state index is 0.122. The summed E-state index contributed by atoms with van der Waals surface area (Å²) < 4.78 is 6.43. The Labute approximate surface area is 153 Å². The zero-order valence-corrected chi connectivity index (χ0v) is 15.1. The Morgan fingerprint density at radius 2 is 1.58 bits per heavy atom. The fourth-order valence-corrected chi connectivity index (χ4v) is 2.81. The van der Waals surface area contributed by atoms with E-state index in [2.05, 4.69) is 33.2 Å². The molecule has 0 saturated carbocycles. The SMILES string of the molecule is O=C(Nc1ccc(NC(=O)[C@@H]2CCCO2)cc1)c1ccc(I)cc1. The Kier molecular flexibility index (Phi) is 5.47. The number of hydrogen-bond acceptors (Lipinski definition) is 3. The van der Waals surface area contributed by atoms with Crippen LogP contribution in [-0.4, -0.2) is 24.5 Å². The van der Waals surface area contributed by atoms with E-state index in [1.165, 1.54) is 0 Å². The van der Waals surface area contributed by atoms with E-state index in [-0.39, 0.29) is 17.9 Å². The van der Waals surface area contributed by atoms with Gasteiger partial charge in [0, 0.05) is 27.1 Å². The predicted molar refractivity (Wildman–Crippen MR) is 101 cm³/mol. The molecule has 1 heterocycles. The third-order valence-corrected chi connectivity index (χ3v) is 4.46. The molecule has 0 radical (unpaired) electrons. The van der Waals surface area contributed by atoms with Crippen molar-refractivity contribution in [2.45, 2.75) is 18.9 Å². The van der Waals surface area contributed by atoms with Crippen LogP contribution in [0.2, 0.25) is 0 Å². The normalized spacial score (nSPS) is 16.6. The van der Waals surface area contributed by atoms with Crippen LogP contribution in [0.3, 0.4) is 0 Å². The summed E-state index contributed by atoms with van der Waals surface area (Å²) in [6.45, 7) is 0.640. The Bertz CT molecular complexity index is 723. The molecule has 0 unspecified atom stereocenters. The molecule has 1 aliphatic heterocycles. The number of ether oxygens (including phenoxy) is 1. The summed E-state index contributed by atoms with van der Waals surface area (Å²) in [5.74, 6) is -0.286. The van der Waals surface area contributed by atoms with E-state index in [9.17, 15) is 9.59 Å². The first-order valence-electron chi connectivity index (χ1n) is 7.71. The van der Waals surface area contributed by atoms with Crippen LogP contribution in [0.15, 0.2) is 48.5 Å². The second-order valence-corrected chi connectivity index (χ2v) is 6.77. The third-order valence-electron chi connectivity index (χ3n) is 3.74. The lowest BCUT2D eigenvalue weighted by Gasteiger charge is -2.11. The Morgan fingerprint density at radius 3 is 2.17 bits per heavy atom. The van der Waals surface area contributed by atoms with E-state index in [1.54, 1.807) is 36.4 Å². The zero-order valence-electron chi connectivity index (χ0n) is 12.9. The average molecular weight is 436 g/mol. The fourth-order valence-electron chi connectivity index (χ4n) is 2.45. The molecule has 6 heteroatoms. The fraction of sp³-hybridized carbons (Fsp3) is 0.222. The molecule has 2 aromatic carbocycles. The topological polar surface area (TPSA) is 67.4 Å². The molecule has 0 aliphatic carbocycles. The smallest absolute Gasteiger partial charge is 0.255 e. The van der Waals surface area contributed by atoms with Gasteiger partial charge in [0.1, 0.15) is 6.10 Å². The van der Waals surface area contributed by atoms with Gasteiger partial charge < -0.3 is 15.4 Å². The van der Waals surface area contributed by atoms with E-state index in [0.717, 1.165) is 16.4 Å². The second-order valence-electron chi connectivity index (χ2n) is 5.53. The molecule has 5 nitrogen and oxygen atoms in total. The summed E-state index contributed by atoms with van der Waals surface area (Å²) in [6, 6.07) is 14.4. The van der Waals surface area contributed by atoms with Gasteiger partial charge in [-0.05, 0) is 84.0 Å². The van der Waals surface area contributed by atoms with Crippen molar-refractivity contribution in [3.05, 3.63) is 57.7 Å². The molecule has 2 aromatic rings. The first kappa shape index (κ1) is 16.9. The van der Waals surface area contributed by atoms with Crippen molar-refractivity contribution >= 4 is 45.8 Å². The first-order valence-corrected chi connectivity index (χ1v) is 8.79. The second kappa shape index (κ2) is 7.76. The van der Waals surface area contributed by atoms with Gasteiger partial charge in [0.05, 0.1) is 0 Å². The lowest BCUT2D eigenvalue weighted by atomic mass is 10.2. The van der Waals surface area contributed by atoms with Crippen LogP contribution in [0, 0.1) is 3.57 Å². The van der Waals surface area contributed by atoms with Crippen molar-refractivity contribution in [1.29, 1.82) is 0 Å². The van der Waals surface area contributed by atoms with Crippen LogP contribution < -0.4 is 10.6 Å². The molecule has 24 heavy (non-hydrogen) atoms. The molecular weight excluding hydrogens is 419 g/mol. The molecule has 2 N–H and O–H groups in total. The van der Waals surface area contributed by atoms with Crippen molar-refractivity contribution in [1.82, 2.24) is 0 Å². The Balaban J connectivity index is 1.58. The lowest BCUT2D eigenvalue weighted by molar-refractivity contribution is -0.124. The van der Waals surface area contributed by atoms with Gasteiger partial charge in [0.25, 0.3) is 11.8 Å². The number of hydrogen-bond donors (Lipinski definition) is 2. The van der Waals surface area contributed by atoms with Gasteiger partial charge in [-0.1, -0.05) is 0 Å². The summed E-state index contributed by atoms with van der Waals surface area (Å²) in [7, 11) is 0. The summed E-state index contributed by atoms with van der Waals surface area (Å²) >= 11 is 2.20. The molecule has 1 aliphatic rings. The Hall–Kier alpha value is -1.93. The summed E-state index contributed by atoms with van der Waals surface area (Å²) in [5, 5.41) is 5.66. The molecule has 0 spiro atoms. The number of anilines is 2. The van der Waals surface area contributed by atoms with E-state index < -0.39 is 0 Å². The van der Waals surface area contributed by atoms with Crippen LogP contribution >= 0.6 is 22.6 Å². The summed E-state index contributed by atoms with van der Waals surface area (Å²) in [4.78, 5) is 24.1. The maximum absolute atomic E-state index is 12.2. The molecule has 1 saturated heterocycles. The van der Waals surface area contributed by atoms with Gasteiger partial charge in [0.15, 0.2) is 0 Å². The number of halogens is 1. The monoisotopic (exact) mass is 436 g/mol. The predicted octanol–water partition coefficient (Wildman–Crippen LogP) is 3.66. The van der Waals surface area contributed by atoms with E-state index >= 15 is 0 Å². The molecule has 3 rings (SSSR count). The summed E-state index contributed by atoms with van der Waals surface area (Å²) in [5.41, 5.74) is 1.96. The molecule has 124 valence electrons. The van der Waals surface area contributed by atoms with Crippen LogP contribution in [-0.2, 0) is 9.53 Å². The summed E-state index contributed by atoms with van der Waals surface area (Å²) in [6.07, 6.45) is 1.32. The van der Waals surface area contributed by atoms with Crippen molar-refractivity contribution in [2.24, 2.45) is 0 Å². The van der Waals surface area contributed by atoms with Gasteiger partial charge in [0.2, 0.25) is 0 Å². The molecule has 0 bridgehead atoms. The highest BCUT2D eigenvalue weighted by molar-refractivity contribution is 14.1. The van der Waals surface area contributed by atoms with Crippen molar-refractivity contribution in [2.75, 3.05) is 17.2 Å². The van der Waals surface area contributed by atoms with Crippen molar-refractivity contribution in [3.63, 3.8) is 0 Å². The number of rotatable bonds is 4. The van der Waals surface area contributed by atoms with Gasteiger partial charge in [-0.3, -0.25) is 9.59 Å². The van der Waals surface area contributed by atoms with Crippen molar-refractivity contribution in [3.8, 4) is 0 Å². The highest BCUT2D eigenvalue weighted by Crippen LogP contribution is 2.18. The van der Waals surface area contributed by atoms with E-state index in [1.807, 2.05) is 12.1 Å². The number of carbonyl (C=O) groups excluding carboxylic acids is 2. The number of benzene rings is 2. The molecule has 2 amide bonds. The van der Waals surface area contributed by atoms with Crippen LogP contribution in [0.5, 0.6) is 0 Å². The molecule has 1 atom stereocenters. The van der Waals surface area contributed by atoms with E-state index in [0.29, 0.717) is 23.5 Å². The lowest BCUT2D eigenvalue weighted by Crippen LogP contribution is -2.26. The van der Waals surface area contributed by atoms with Crippen LogP contribution in [0.25, 0.3) is 0 Å². The molecular formula is C18H17IN2O3. The quantitative estimate of drug-likeness (QED) is 0.720. The van der Waals surface area contributed by atoms with Crippen LogP contribution in [0.4, 0.5) is 11.4 Å². The minimum atomic E-state index is -0.356. The average Bonchev–Trinajstić information content (AvgIpc) is 3.12. The maximum atomic E-state index is 12.2. The third kappa shape index (κ3) is 4.33. The highest BCUT2D eigenvalue weighted by Gasteiger charge is 2.23. The van der Waals surface area contributed by atoms with Gasteiger partial charge >= 0.3 is 0 Å². The van der Waals surface area contributed by atoms with Gasteiger partial charge in [-0.2, -0.15) is 0 Å². The number of nitrogens with one attached hydrogen (secondary N) is 2. The molecule has 0 aromatic heterocycles. The minimum Gasteiger partial charge on any atom is -0.368 e. The molecule has 1 fully saturated rings. The zero-order chi connectivity index (χ0) is 16.9. The number of amides is 2. The standard InChI is InChI=1S/C18H17IN2O3/c19-13-5-3-12(4-6-13)17(22)20-14-7-9-15(10-8-14)21-18(23)16-2-1-11-24-16/h3-10,16H,1-2,11H2,(H,20,22)(H,21,23)/t16-/m0/s1. The largest absolute Gasteiger partial charge is 0.368 e. The van der Waals surface area contributed by atoms with E-state index in [4.69, 9.17) is 4.74 Å². The van der Waals surface area contributed by atoms with Gasteiger partial charge in [-0.25, -0.2) is 0 Å². The highest BCUT2D eigenvalue weighted by atomic mass is 127. The Morgan fingerprint density at radius 1 is 0.958 bits per heavy atom. The van der Waals surface area contributed by atoms with Gasteiger partial charge in [-0.15, -0.1) is 0 Å². The maximum Gasteiger partial charge on any atom is 0.255 e. The first-order chi connectivity index (χ1) is 11.6. The number of carbonyl (C=O) groups is 2. The van der Waals surface area contributed by atoms with Crippen LogP contribution in [0.1, 0.15) is 23.2 Å².